The number of carbonyl (C=O) groups is 1. The quantitative estimate of drug-likeness (QED) is 0.180. The molecular formula is C26H33NO3. The van der Waals surface area contributed by atoms with Gasteiger partial charge in [0.15, 0.2) is 5.78 Å². The van der Waals surface area contributed by atoms with Crippen LogP contribution in [0.15, 0.2) is 48.5 Å². The van der Waals surface area contributed by atoms with Gasteiger partial charge in [0, 0.05) is 24.1 Å². The van der Waals surface area contributed by atoms with Crippen molar-refractivity contribution in [3.8, 4) is 0 Å². The third-order valence-electron chi connectivity index (χ3n) is 6.53. The van der Waals surface area contributed by atoms with E-state index in [-0.39, 0.29) is 17.9 Å². The van der Waals surface area contributed by atoms with Gasteiger partial charge in [-0.3, -0.25) is 14.9 Å². The second kappa shape index (κ2) is 11.1. The number of unbranched alkanes of at least 4 members (excludes halogenated alkanes) is 3. The van der Waals surface area contributed by atoms with Crippen LogP contribution in [-0.2, 0) is 6.42 Å². The number of rotatable bonds is 10. The molecule has 0 aromatic heterocycles. The van der Waals surface area contributed by atoms with Gasteiger partial charge in [-0.05, 0) is 48.6 Å². The fourth-order valence-electron chi connectivity index (χ4n) is 4.61. The summed E-state index contributed by atoms with van der Waals surface area (Å²) in [4.78, 5) is 22.9. The summed E-state index contributed by atoms with van der Waals surface area (Å²) in [5.74, 6) is 1.57. The van der Waals surface area contributed by atoms with Crippen molar-refractivity contribution in [1.82, 2.24) is 0 Å². The standard InChI is InChI=1S/C26H33NO3/c1-2-3-4-5-6-20-7-11-22(12-8-20)23-13-15-24(16-14-23)26(28)19-21-9-17-25(18-10-21)27(29)30/h9-10,13-18,20,22H,2-8,11-12,19H2,1H3/t20-,22-. The SMILES string of the molecule is CCCCCC[C@H]1CC[C@H](c2ccc(C(=O)Cc3ccc([N+](=O)[O-])cc3)cc2)CC1. The Balaban J connectivity index is 1.49. The number of carbonyl (C=O) groups excluding carboxylic acids is 1. The summed E-state index contributed by atoms with van der Waals surface area (Å²) in [6.45, 7) is 2.26. The maximum Gasteiger partial charge on any atom is 0.269 e. The summed E-state index contributed by atoms with van der Waals surface area (Å²) in [6.07, 6.45) is 12.3. The lowest BCUT2D eigenvalue weighted by molar-refractivity contribution is -0.384. The van der Waals surface area contributed by atoms with Gasteiger partial charge in [0.25, 0.3) is 5.69 Å². The summed E-state index contributed by atoms with van der Waals surface area (Å²) in [7, 11) is 0. The molecule has 1 aliphatic rings. The van der Waals surface area contributed by atoms with Crippen molar-refractivity contribution >= 4 is 11.5 Å². The van der Waals surface area contributed by atoms with Crippen LogP contribution in [0, 0.1) is 16.0 Å². The van der Waals surface area contributed by atoms with Gasteiger partial charge in [-0.1, -0.05) is 75.4 Å². The topological polar surface area (TPSA) is 60.2 Å². The van der Waals surface area contributed by atoms with Crippen LogP contribution >= 0.6 is 0 Å². The lowest BCUT2D eigenvalue weighted by Crippen LogP contribution is -2.13. The fourth-order valence-corrected chi connectivity index (χ4v) is 4.61. The van der Waals surface area contributed by atoms with Crippen LogP contribution < -0.4 is 0 Å². The smallest absolute Gasteiger partial charge is 0.269 e. The van der Waals surface area contributed by atoms with E-state index in [2.05, 4.69) is 19.1 Å². The van der Waals surface area contributed by atoms with Gasteiger partial charge in [0.05, 0.1) is 4.92 Å². The first-order valence-electron chi connectivity index (χ1n) is 11.4. The monoisotopic (exact) mass is 407 g/mol. The van der Waals surface area contributed by atoms with Gasteiger partial charge < -0.3 is 0 Å². The van der Waals surface area contributed by atoms with Crippen molar-refractivity contribution in [3.05, 3.63) is 75.3 Å². The molecule has 0 bridgehead atoms. The molecule has 2 aromatic rings. The predicted molar refractivity (Wildman–Crippen MR) is 121 cm³/mol. The molecule has 4 heteroatoms. The maximum absolute atomic E-state index is 12.6. The molecule has 0 spiro atoms. The van der Waals surface area contributed by atoms with Gasteiger partial charge in [0.1, 0.15) is 0 Å². The number of benzene rings is 2. The molecule has 0 amide bonds. The molecule has 4 nitrogen and oxygen atoms in total. The first-order valence-corrected chi connectivity index (χ1v) is 11.4. The highest BCUT2D eigenvalue weighted by atomic mass is 16.6. The van der Waals surface area contributed by atoms with Crippen LogP contribution in [0.2, 0.25) is 0 Å². The predicted octanol–water partition coefficient (Wildman–Crippen LogP) is 7.26. The van der Waals surface area contributed by atoms with Gasteiger partial charge >= 0.3 is 0 Å². The molecule has 0 heterocycles. The highest BCUT2D eigenvalue weighted by Gasteiger charge is 2.22. The molecular weight excluding hydrogens is 374 g/mol. The molecule has 160 valence electrons. The third kappa shape index (κ3) is 6.25. The van der Waals surface area contributed by atoms with E-state index in [1.54, 1.807) is 12.1 Å². The average molecular weight is 408 g/mol. The Labute approximate surface area is 179 Å². The molecule has 0 N–H and O–H groups in total. The Morgan fingerprint density at radius 3 is 2.20 bits per heavy atom. The fraction of sp³-hybridized carbons (Fsp3) is 0.500. The van der Waals surface area contributed by atoms with E-state index in [9.17, 15) is 14.9 Å². The van der Waals surface area contributed by atoms with Crippen molar-refractivity contribution in [1.29, 1.82) is 0 Å². The Hall–Kier alpha value is -2.49. The first kappa shape index (κ1) is 22.2. The maximum atomic E-state index is 12.6. The second-order valence-corrected chi connectivity index (χ2v) is 8.71. The lowest BCUT2D eigenvalue weighted by atomic mass is 9.77. The summed E-state index contributed by atoms with van der Waals surface area (Å²) < 4.78 is 0. The zero-order chi connectivity index (χ0) is 21.3. The number of nitrogens with zero attached hydrogens (tertiary/aromatic N) is 1. The van der Waals surface area contributed by atoms with Gasteiger partial charge in [-0.25, -0.2) is 0 Å². The highest BCUT2D eigenvalue weighted by Crippen LogP contribution is 2.37. The van der Waals surface area contributed by atoms with E-state index in [4.69, 9.17) is 0 Å². The molecule has 0 saturated heterocycles. The molecule has 1 aliphatic carbocycles. The molecule has 0 radical (unpaired) electrons. The Morgan fingerprint density at radius 2 is 1.60 bits per heavy atom. The van der Waals surface area contributed by atoms with E-state index in [0.29, 0.717) is 11.5 Å². The number of hydrogen-bond acceptors (Lipinski definition) is 3. The van der Waals surface area contributed by atoms with Crippen LogP contribution in [0.3, 0.4) is 0 Å². The summed E-state index contributed by atoms with van der Waals surface area (Å²) in [5, 5.41) is 10.7. The normalized spacial score (nSPS) is 18.8. The van der Waals surface area contributed by atoms with Gasteiger partial charge in [0.2, 0.25) is 0 Å². The Kier molecular flexibility index (Phi) is 8.18. The largest absolute Gasteiger partial charge is 0.294 e. The minimum Gasteiger partial charge on any atom is -0.294 e. The van der Waals surface area contributed by atoms with Crippen molar-refractivity contribution < 1.29 is 9.72 Å². The van der Waals surface area contributed by atoms with Crippen LogP contribution in [0.25, 0.3) is 0 Å². The minimum atomic E-state index is -0.426. The molecule has 0 unspecified atom stereocenters. The minimum absolute atomic E-state index is 0.0474. The molecule has 1 fully saturated rings. The van der Waals surface area contributed by atoms with Crippen molar-refractivity contribution in [3.63, 3.8) is 0 Å². The number of Topliss-reactive ketones (excluding diaryl/α,β-unsaturated/α-hetero) is 1. The first-order chi connectivity index (χ1) is 14.6. The number of nitro benzene ring substituents is 1. The van der Waals surface area contributed by atoms with Crippen molar-refractivity contribution in [2.24, 2.45) is 5.92 Å². The highest BCUT2D eigenvalue weighted by molar-refractivity contribution is 5.97. The van der Waals surface area contributed by atoms with Crippen LogP contribution in [0.5, 0.6) is 0 Å². The van der Waals surface area contributed by atoms with E-state index in [1.807, 2.05) is 12.1 Å². The summed E-state index contributed by atoms with van der Waals surface area (Å²) >= 11 is 0. The molecule has 0 atom stereocenters. The summed E-state index contributed by atoms with van der Waals surface area (Å²) in [5.41, 5.74) is 2.91. The number of nitro groups is 1. The molecule has 2 aromatic carbocycles. The van der Waals surface area contributed by atoms with Crippen LogP contribution in [0.1, 0.15) is 92.1 Å². The number of non-ortho nitro benzene ring substituents is 1. The van der Waals surface area contributed by atoms with Crippen molar-refractivity contribution in [2.45, 2.75) is 77.0 Å². The molecule has 30 heavy (non-hydrogen) atoms. The van der Waals surface area contributed by atoms with E-state index in [1.165, 1.54) is 75.5 Å². The zero-order valence-electron chi connectivity index (χ0n) is 18.0. The lowest BCUT2D eigenvalue weighted by Gasteiger charge is -2.29. The zero-order valence-corrected chi connectivity index (χ0v) is 18.0. The molecule has 1 saturated carbocycles. The number of ketones is 1. The van der Waals surface area contributed by atoms with Gasteiger partial charge in [-0.15, -0.1) is 0 Å². The third-order valence-corrected chi connectivity index (χ3v) is 6.53. The van der Waals surface area contributed by atoms with E-state index in [0.717, 1.165) is 11.5 Å². The Bertz CT molecular complexity index is 818. The molecule has 0 aliphatic heterocycles. The van der Waals surface area contributed by atoms with E-state index >= 15 is 0 Å². The van der Waals surface area contributed by atoms with Gasteiger partial charge in [-0.2, -0.15) is 0 Å². The van der Waals surface area contributed by atoms with Crippen LogP contribution in [-0.4, -0.2) is 10.7 Å². The molecule has 3 rings (SSSR count). The summed E-state index contributed by atoms with van der Waals surface area (Å²) in [6, 6.07) is 14.3. The second-order valence-electron chi connectivity index (χ2n) is 8.71. The average Bonchev–Trinajstić information content (AvgIpc) is 2.77. The van der Waals surface area contributed by atoms with Crippen LogP contribution in [0.4, 0.5) is 5.69 Å². The number of hydrogen-bond donors (Lipinski definition) is 0. The van der Waals surface area contributed by atoms with E-state index < -0.39 is 4.92 Å². The Morgan fingerprint density at radius 1 is 0.933 bits per heavy atom. The van der Waals surface area contributed by atoms with Crippen molar-refractivity contribution in [2.75, 3.05) is 0 Å².